The van der Waals surface area contributed by atoms with Gasteiger partial charge >= 0.3 is 6.18 Å². The summed E-state index contributed by atoms with van der Waals surface area (Å²) in [6, 6.07) is 27.5. The van der Waals surface area contributed by atoms with Gasteiger partial charge in [-0.2, -0.15) is 13.2 Å². The highest BCUT2D eigenvalue weighted by atomic mass is 35.5. The first-order valence-electron chi connectivity index (χ1n) is 18.5. The minimum Gasteiger partial charge on any atom is -0.506 e. The van der Waals surface area contributed by atoms with Gasteiger partial charge in [0.1, 0.15) is 46.3 Å². The summed E-state index contributed by atoms with van der Waals surface area (Å²) in [6.07, 6.45) is 2.35. The van der Waals surface area contributed by atoms with Gasteiger partial charge in [0, 0.05) is 52.4 Å². The van der Waals surface area contributed by atoms with Crippen molar-refractivity contribution in [2.24, 2.45) is 0 Å². The highest BCUT2D eigenvalue weighted by Crippen LogP contribution is 2.37. The molecule has 318 valence electrons. The van der Waals surface area contributed by atoms with E-state index < -0.39 is 23.5 Å². The van der Waals surface area contributed by atoms with E-state index in [-0.39, 0.29) is 22.9 Å². The molecule has 0 amide bonds. The van der Waals surface area contributed by atoms with Crippen molar-refractivity contribution < 1.29 is 32.6 Å². The number of rotatable bonds is 5. The topological polar surface area (TPSA) is 173 Å². The first-order valence-corrected chi connectivity index (χ1v) is 19.3. The van der Waals surface area contributed by atoms with E-state index in [4.69, 9.17) is 34.7 Å². The zero-order valence-electron chi connectivity index (χ0n) is 33.3. The molecular weight excluding hydrogens is 845 g/mol. The number of hydrogen-bond donors (Lipinski definition) is 5. The normalized spacial score (nSPS) is 11.2. The summed E-state index contributed by atoms with van der Waals surface area (Å²) in [7, 11) is 0. The maximum atomic E-state index is 14.3. The molecule has 0 bridgehead atoms. The number of phenolic OH excluding ortho intramolecular Hbond substituents is 2. The predicted molar refractivity (Wildman–Crippen MR) is 237 cm³/mol. The molecule has 0 aliphatic rings. The fourth-order valence-corrected chi connectivity index (χ4v) is 6.31. The van der Waals surface area contributed by atoms with Crippen LogP contribution < -0.4 is 16.8 Å². The maximum Gasteiger partial charge on any atom is 0.418 e. The molecule has 0 saturated heterocycles. The number of nitrogens with one attached hydrogen (secondary N) is 1. The highest BCUT2D eigenvalue weighted by molar-refractivity contribution is 6.30. The summed E-state index contributed by atoms with van der Waals surface area (Å²) >= 11 is 11.6. The third-order valence-electron chi connectivity index (χ3n) is 9.16. The van der Waals surface area contributed by atoms with Crippen molar-refractivity contribution >= 4 is 68.6 Å². The van der Waals surface area contributed by atoms with Crippen LogP contribution in [0.15, 0.2) is 128 Å². The van der Waals surface area contributed by atoms with E-state index in [1.165, 1.54) is 12.3 Å². The average molecular weight is 885 g/mol. The number of pyridine rings is 4. The molecule has 4 heterocycles. The number of carbonyl (C=O) groups excluding carboxylic acids is 1. The molecule has 0 aliphatic carbocycles. The van der Waals surface area contributed by atoms with Crippen LogP contribution in [-0.2, 0) is 6.18 Å². The zero-order valence-corrected chi connectivity index (χ0v) is 34.8. The number of nitrogen functional groups attached to an aromatic ring is 2. The van der Waals surface area contributed by atoms with Gasteiger partial charge in [0.2, 0.25) is 0 Å². The van der Waals surface area contributed by atoms with Crippen LogP contribution in [0.5, 0.6) is 11.5 Å². The highest BCUT2D eigenvalue weighted by Gasteiger charge is 2.32. The van der Waals surface area contributed by atoms with Crippen molar-refractivity contribution in [1.82, 2.24) is 19.9 Å². The lowest BCUT2D eigenvalue weighted by atomic mass is 9.95. The monoisotopic (exact) mass is 883 g/mol. The lowest BCUT2D eigenvalue weighted by molar-refractivity contribution is -0.136. The van der Waals surface area contributed by atoms with Gasteiger partial charge in [-0.3, -0.25) is 14.8 Å². The SMILES string of the molecule is Cc1cc(Cl)cnc1N.Cc1ccc(C(Nc2ncc(Cl)cc2C)c2ccc3cccnc3c2O)cc1F.Nc1cc(C=O)ccc1C(F)(F)F.Oc1cccc2cccnc12. The molecule has 0 saturated carbocycles. The first kappa shape index (κ1) is 46.0. The van der Waals surface area contributed by atoms with Crippen molar-refractivity contribution in [2.75, 3.05) is 16.8 Å². The molecule has 16 heteroatoms. The molecular formula is C46H39Cl2F4N7O3. The van der Waals surface area contributed by atoms with Gasteiger partial charge < -0.3 is 27.0 Å². The third kappa shape index (κ3) is 11.8. The number of aryl methyl sites for hydroxylation is 3. The number of fused-ring (bicyclic) bond motifs is 2. The number of alkyl halides is 3. The average Bonchev–Trinajstić information content (AvgIpc) is 3.24. The lowest BCUT2D eigenvalue weighted by Crippen LogP contribution is -2.15. The molecule has 8 rings (SSSR count). The number of phenols is 2. The fraction of sp³-hybridized carbons (Fsp3) is 0.109. The van der Waals surface area contributed by atoms with Crippen molar-refractivity contribution in [3.8, 4) is 11.5 Å². The van der Waals surface area contributed by atoms with Gasteiger partial charge in [-0.25, -0.2) is 14.4 Å². The Bertz CT molecular complexity index is 2840. The number of nitrogens with two attached hydrogens (primary N) is 2. The third-order valence-corrected chi connectivity index (χ3v) is 9.57. The standard InChI is InChI=1S/C23H19ClFN3O.C9H7NO.C8H6F3NO.C6H7ClN2/c1-13-5-6-16(11-19(13)25)20(28-23-14(2)10-17(24)12-27-23)18-8-7-15-4-3-9-26-21(15)22(18)29;11-8-5-1-3-7-4-2-6-10-9(7)8;9-8(10,11)6-2-1-5(4-13)3-7(6)12;1-4-2-5(7)3-9-6(4)8/h3-12,20,29H,1-2H3,(H,27,28);1-6,11H;1-4H,12H2;2-3H,1H3,(H2,8,9). The van der Waals surface area contributed by atoms with Gasteiger partial charge in [-0.1, -0.05) is 77.8 Å². The quantitative estimate of drug-likeness (QED) is 0.0636. The van der Waals surface area contributed by atoms with E-state index in [1.54, 1.807) is 55.8 Å². The summed E-state index contributed by atoms with van der Waals surface area (Å²) in [4.78, 5) is 26.7. The van der Waals surface area contributed by atoms with E-state index in [1.807, 2.05) is 62.4 Å². The number of carbonyl (C=O) groups is 1. The Labute approximate surface area is 363 Å². The van der Waals surface area contributed by atoms with Crippen LogP contribution in [0.1, 0.15) is 49.8 Å². The summed E-state index contributed by atoms with van der Waals surface area (Å²) in [6.45, 7) is 5.47. The summed E-state index contributed by atoms with van der Waals surface area (Å²) < 4.78 is 50.7. The van der Waals surface area contributed by atoms with E-state index in [2.05, 4.69) is 25.3 Å². The smallest absolute Gasteiger partial charge is 0.418 e. The number of anilines is 3. The van der Waals surface area contributed by atoms with E-state index in [0.717, 1.165) is 40.1 Å². The second-order valence-corrected chi connectivity index (χ2v) is 14.5. The van der Waals surface area contributed by atoms with Gasteiger partial charge in [-0.05, 0) is 91.6 Å². The largest absolute Gasteiger partial charge is 0.506 e. The van der Waals surface area contributed by atoms with Gasteiger partial charge in [0.25, 0.3) is 0 Å². The van der Waals surface area contributed by atoms with Gasteiger partial charge in [-0.15, -0.1) is 0 Å². The Balaban J connectivity index is 0.000000180. The molecule has 0 radical (unpaired) electrons. The predicted octanol–water partition coefficient (Wildman–Crippen LogP) is 11.6. The number of para-hydroxylation sites is 1. The van der Waals surface area contributed by atoms with Crippen LogP contribution in [-0.4, -0.2) is 36.4 Å². The van der Waals surface area contributed by atoms with E-state index in [9.17, 15) is 32.6 Å². The van der Waals surface area contributed by atoms with Crippen molar-refractivity contribution in [3.05, 3.63) is 183 Å². The molecule has 1 atom stereocenters. The van der Waals surface area contributed by atoms with Crippen LogP contribution in [0.3, 0.4) is 0 Å². The van der Waals surface area contributed by atoms with Gasteiger partial charge in [0.15, 0.2) is 0 Å². The second-order valence-electron chi connectivity index (χ2n) is 13.7. The second kappa shape index (κ2) is 20.5. The number of aromatic hydroxyl groups is 2. The number of aldehydes is 1. The molecule has 4 aromatic heterocycles. The molecule has 62 heavy (non-hydrogen) atoms. The minimum absolute atomic E-state index is 0.0493. The number of benzene rings is 4. The molecule has 4 aromatic carbocycles. The Morgan fingerprint density at radius 1 is 0.710 bits per heavy atom. The van der Waals surface area contributed by atoms with Crippen LogP contribution >= 0.6 is 23.2 Å². The Morgan fingerprint density at radius 3 is 1.92 bits per heavy atom. The molecule has 1 unspecified atom stereocenters. The summed E-state index contributed by atoms with van der Waals surface area (Å²) in [5.41, 5.74) is 14.0. The minimum atomic E-state index is -4.47. The zero-order chi connectivity index (χ0) is 45.1. The van der Waals surface area contributed by atoms with Crippen LogP contribution in [0.25, 0.3) is 21.8 Å². The fourth-order valence-electron chi connectivity index (χ4n) is 5.89. The maximum absolute atomic E-state index is 14.3. The number of nitrogens with zero attached hydrogens (tertiary/aromatic N) is 4. The Morgan fingerprint density at radius 2 is 1.34 bits per heavy atom. The summed E-state index contributed by atoms with van der Waals surface area (Å²) in [5, 5.41) is 26.5. The van der Waals surface area contributed by atoms with Crippen LogP contribution in [0, 0.1) is 26.6 Å². The molecule has 10 nitrogen and oxygen atoms in total. The Hall–Kier alpha value is -7.03. The summed E-state index contributed by atoms with van der Waals surface area (Å²) in [5.74, 6) is 1.12. The molecule has 0 fully saturated rings. The molecule has 7 N–H and O–H groups in total. The van der Waals surface area contributed by atoms with Gasteiger partial charge in [0.05, 0.1) is 21.7 Å². The van der Waals surface area contributed by atoms with Crippen LogP contribution in [0.4, 0.5) is 34.9 Å². The van der Waals surface area contributed by atoms with E-state index >= 15 is 0 Å². The number of aromatic nitrogens is 4. The van der Waals surface area contributed by atoms with Crippen molar-refractivity contribution in [2.45, 2.75) is 33.0 Å². The van der Waals surface area contributed by atoms with Crippen LogP contribution in [0.2, 0.25) is 10.0 Å². The number of halogens is 6. The Kier molecular flexibility index (Phi) is 15.2. The van der Waals surface area contributed by atoms with Crippen molar-refractivity contribution in [3.63, 3.8) is 0 Å². The number of hydrogen-bond acceptors (Lipinski definition) is 10. The molecule has 0 aliphatic heterocycles. The van der Waals surface area contributed by atoms with E-state index in [0.29, 0.717) is 55.7 Å². The first-order chi connectivity index (χ1) is 29.5. The lowest BCUT2D eigenvalue weighted by Gasteiger charge is -2.23. The molecule has 8 aromatic rings. The van der Waals surface area contributed by atoms with Crippen molar-refractivity contribution in [1.29, 1.82) is 0 Å². The molecule has 0 spiro atoms.